The quantitative estimate of drug-likeness (QED) is 0.433. The maximum Gasteiger partial charge on any atom is 0.0186 e. The summed E-state index contributed by atoms with van der Waals surface area (Å²) in [6.45, 7) is 15.4. The molecule has 0 radical (unpaired) electrons. The Bertz CT molecular complexity index is 326. The Kier molecular flexibility index (Phi) is 17.5. The predicted octanol–water partition coefficient (Wildman–Crippen LogP) is 6.74. The fourth-order valence-electron chi connectivity index (χ4n) is 0.818. The van der Waals surface area contributed by atoms with E-state index >= 15 is 0 Å². The van der Waals surface area contributed by atoms with Crippen LogP contribution in [0.3, 0.4) is 0 Å². The highest BCUT2D eigenvalue weighted by atomic mass is 33.1. The lowest BCUT2D eigenvalue weighted by atomic mass is 10.4. The lowest BCUT2D eigenvalue weighted by Crippen LogP contribution is -1.67. The van der Waals surface area contributed by atoms with E-state index in [9.17, 15) is 0 Å². The molecule has 0 heterocycles. The van der Waals surface area contributed by atoms with Crippen LogP contribution >= 0.6 is 21.6 Å². The van der Waals surface area contributed by atoms with Crippen molar-refractivity contribution in [2.75, 3.05) is 0 Å². The van der Waals surface area contributed by atoms with Crippen LogP contribution in [0.25, 0.3) is 0 Å². The summed E-state index contributed by atoms with van der Waals surface area (Å²) in [5.41, 5.74) is 0. The molecule has 0 aliphatic carbocycles. The van der Waals surface area contributed by atoms with E-state index < -0.39 is 0 Å². The zero-order chi connectivity index (χ0) is 14.2. The van der Waals surface area contributed by atoms with Crippen molar-refractivity contribution in [2.45, 2.75) is 32.6 Å². The van der Waals surface area contributed by atoms with Gasteiger partial charge in [0, 0.05) is 9.80 Å². The van der Waals surface area contributed by atoms with Crippen LogP contribution in [0.4, 0.5) is 0 Å². The molecule has 0 saturated heterocycles. The molecule has 0 aliphatic heterocycles. The van der Waals surface area contributed by atoms with E-state index in [1.165, 1.54) is 4.90 Å². The first-order valence-corrected chi connectivity index (χ1v) is 8.36. The summed E-state index contributed by atoms with van der Waals surface area (Å²) in [7, 11) is 3.41. The summed E-state index contributed by atoms with van der Waals surface area (Å²) in [6, 6.07) is 10.3. The van der Waals surface area contributed by atoms with E-state index in [0.717, 1.165) is 4.91 Å². The van der Waals surface area contributed by atoms with Gasteiger partial charge in [0.25, 0.3) is 0 Å². The number of hydrogen-bond donors (Lipinski definition) is 0. The molecule has 0 saturated carbocycles. The van der Waals surface area contributed by atoms with Gasteiger partial charge in [0.15, 0.2) is 0 Å². The largest absolute Gasteiger partial charge is 0.0990 e. The van der Waals surface area contributed by atoms with E-state index in [1.54, 1.807) is 27.7 Å². The zero-order valence-electron chi connectivity index (χ0n) is 11.8. The Balaban J connectivity index is 0. The minimum absolute atomic E-state index is 1.12. The van der Waals surface area contributed by atoms with Crippen LogP contribution in [0, 0.1) is 0 Å². The second-order valence-corrected chi connectivity index (χ2v) is 4.76. The smallest absolute Gasteiger partial charge is 0.0186 e. The molecule has 1 rings (SSSR count). The predicted molar refractivity (Wildman–Crippen MR) is 91.1 cm³/mol. The molecule has 0 aliphatic rings. The second kappa shape index (κ2) is 16.1. The van der Waals surface area contributed by atoms with Crippen molar-refractivity contribution in [3.63, 3.8) is 0 Å². The SMILES string of the molecule is C=C/C=C(\C=C)SSc1ccccc1.CC.CC. The molecule has 1 aromatic carbocycles. The minimum atomic E-state index is 1.12. The van der Waals surface area contributed by atoms with Crippen molar-refractivity contribution in [1.29, 1.82) is 0 Å². The van der Waals surface area contributed by atoms with E-state index in [-0.39, 0.29) is 0 Å². The summed E-state index contributed by atoms with van der Waals surface area (Å²) < 4.78 is 0. The van der Waals surface area contributed by atoms with Gasteiger partial charge in [-0.25, -0.2) is 0 Å². The van der Waals surface area contributed by atoms with Crippen LogP contribution in [0.1, 0.15) is 27.7 Å². The first-order valence-electron chi connectivity index (χ1n) is 6.21. The number of hydrogen-bond acceptors (Lipinski definition) is 2. The molecule has 1 aromatic rings. The summed E-state index contributed by atoms with van der Waals surface area (Å²) in [4.78, 5) is 2.36. The molecule has 0 aromatic heterocycles. The molecule has 2 heteroatoms. The van der Waals surface area contributed by atoms with Crippen molar-refractivity contribution in [1.82, 2.24) is 0 Å². The van der Waals surface area contributed by atoms with Crippen LogP contribution in [-0.4, -0.2) is 0 Å². The normalized spacial score (nSPS) is 9.22. The molecule has 0 unspecified atom stereocenters. The van der Waals surface area contributed by atoms with Gasteiger partial charge < -0.3 is 0 Å². The molecule has 100 valence electrons. The highest BCUT2D eigenvalue weighted by Crippen LogP contribution is 2.36. The Labute approximate surface area is 121 Å². The molecular weight excluding hydrogens is 256 g/mol. The zero-order valence-corrected chi connectivity index (χ0v) is 13.5. The molecular formula is C16H24S2. The number of benzene rings is 1. The highest BCUT2D eigenvalue weighted by molar-refractivity contribution is 8.78. The second-order valence-electron chi connectivity index (χ2n) is 2.49. The standard InChI is InChI=1S/C12H12S2.2C2H6/c1-3-8-11(4-2)13-14-12-9-6-5-7-10-12;2*1-2/h3-10H,1-2H2;2*1-2H3/b11-8+;;. The van der Waals surface area contributed by atoms with Crippen molar-refractivity contribution < 1.29 is 0 Å². The van der Waals surface area contributed by atoms with Gasteiger partial charge in [-0.05, 0) is 18.2 Å². The fourth-order valence-corrected chi connectivity index (χ4v) is 2.78. The molecule has 0 bridgehead atoms. The first-order chi connectivity index (χ1) is 8.86. The summed E-state index contributed by atoms with van der Waals surface area (Å²) in [5, 5.41) is 0. The number of rotatable bonds is 5. The van der Waals surface area contributed by atoms with Crippen LogP contribution in [-0.2, 0) is 0 Å². The third-order valence-electron chi connectivity index (χ3n) is 1.46. The van der Waals surface area contributed by atoms with Gasteiger partial charge in [0.1, 0.15) is 0 Å². The van der Waals surface area contributed by atoms with Gasteiger partial charge in [-0.15, -0.1) is 0 Å². The lowest BCUT2D eigenvalue weighted by molar-refractivity contribution is 1.48. The molecule has 0 atom stereocenters. The van der Waals surface area contributed by atoms with Crippen molar-refractivity contribution in [2.24, 2.45) is 0 Å². The van der Waals surface area contributed by atoms with Crippen molar-refractivity contribution >= 4 is 21.6 Å². The van der Waals surface area contributed by atoms with E-state index in [0.29, 0.717) is 0 Å². The van der Waals surface area contributed by atoms with Gasteiger partial charge in [-0.3, -0.25) is 0 Å². The van der Waals surface area contributed by atoms with Crippen LogP contribution in [0.15, 0.2) is 71.5 Å². The van der Waals surface area contributed by atoms with Gasteiger partial charge >= 0.3 is 0 Å². The fraction of sp³-hybridized carbons (Fsp3) is 0.250. The van der Waals surface area contributed by atoms with Gasteiger partial charge in [-0.1, -0.05) is 92.8 Å². The Morgan fingerprint density at radius 2 is 1.56 bits per heavy atom. The number of allylic oxidation sites excluding steroid dienone is 3. The summed E-state index contributed by atoms with van der Waals surface area (Å²) >= 11 is 0. The minimum Gasteiger partial charge on any atom is -0.0990 e. The average molecular weight is 281 g/mol. The molecule has 0 N–H and O–H groups in total. The average Bonchev–Trinajstić information content (AvgIpc) is 2.49. The van der Waals surface area contributed by atoms with Crippen LogP contribution < -0.4 is 0 Å². The molecule has 0 spiro atoms. The van der Waals surface area contributed by atoms with Crippen molar-refractivity contribution in [3.05, 3.63) is 66.6 Å². The Hall–Kier alpha value is -0.860. The van der Waals surface area contributed by atoms with Gasteiger partial charge in [-0.2, -0.15) is 0 Å². The maximum absolute atomic E-state index is 3.74. The summed E-state index contributed by atoms with van der Waals surface area (Å²) in [6.07, 6.45) is 5.56. The monoisotopic (exact) mass is 280 g/mol. The third-order valence-corrected chi connectivity index (χ3v) is 3.91. The maximum atomic E-state index is 3.74. The van der Waals surface area contributed by atoms with E-state index in [2.05, 4.69) is 25.3 Å². The van der Waals surface area contributed by atoms with E-state index in [1.807, 2.05) is 58.0 Å². The summed E-state index contributed by atoms with van der Waals surface area (Å²) in [5.74, 6) is 0. The highest BCUT2D eigenvalue weighted by Gasteiger charge is 1.95. The first kappa shape index (κ1) is 19.5. The van der Waals surface area contributed by atoms with Crippen LogP contribution in [0.2, 0.25) is 0 Å². The third kappa shape index (κ3) is 10.3. The Morgan fingerprint density at radius 3 is 2.00 bits per heavy atom. The van der Waals surface area contributed by atoms with Gasteiger partial charge in [0.2, 0.25) is 0 Å². The van der Waals surface area contributed by atoms with Crippen LogP contribution in [0.5, 0.6) is 0 Å². The molecule has 0 amide bonds. The molecule has 18 heavy (non-hydrogen) atoms. The molecule has 0 fully saturated rings. The lowest BCUT2D eigenvalue weighted by Gasteiger charge is -2.00. The topological polar surface area (TPSA) is 0 Å². The Morgan fingerprint density at radius 1 is 1.00 bits per heavy atom. The molecule has 0 nitrogen and oxygen atoms in total. The van der Waals surface area contributed by atoms with E-state index in [4.69, 9.17) is 0 Å². The van der Waals surface area contributed by atoms with Crippen molar-refractivity contribution in [3.8, 4) is 0 Å². The van der Waals surface area contributed by atoms with Gasteiger partial charge in [0.05, 0.1) is 0 Å².